The third-order valence-electron chi connectivity index (χ3n) is 21.8. The highest BCUT2D eigenvalue weighted by molar-refractivity contribution is 6.13. The van der Waals surface area contributed by atoms with E-state index in [4.69, 9.17) is 75.8 Å². The smallest absolute Gasteiger partial charge is 0.416 e. The molecular formula is C89H116N10O35. The molecule has 0 aliphatic carbocycles. The molecule has 6 aliphatic heterocycles. The van der Waals surface area contributed by atoms with Gasteiger partial charge in [-0.25, -0.2) is 24.2 Å². The molecule has 6 heterocycles. The minimum Gasteiger partial charge on any atom is -0.493 e. The van der Waals surface area contributed by atoms with Gasteiger partial charge in [-0.1, -0.05) is 43.2 Å². The molecule has 732 valence electrons. The molecule has 1 fully saturated rings. The molecule has 0 radical (unpaired) electrons. The highest BCUT2D eigenvalue weighted by Crippen LogP contribution is 2.45. The van der Waals surface area contributed by atoms with Gasteiger partial charge in [-0.15, -0.1) is 0 Å². The number of ether oxygens (including phenoxy) is 16. The maximum atomic E-state index is 14.4. The molecule has 11 atom stereocenters. The Labute approximate surface area is 770 Å². The number of aliphatic carboxylic acids is 1. The maximum Gasteiger partial charge on any atom is 0.416 e. The Bertz CT molecular complexity index is 4820. The molecule has 0 bridgehead atoms. The molecule has 0 spiro atoms. The fraction of sp³-hybridized carbons (Fsp3) is 0.539. The molecule has 134 heavy (non-hydrogen) atoms. The van der Waals surface area contributed by atoms with E-state index >= 15 is 0 Å². The highest BCUT2D eigenvalue weighted by atomic mass is 16.7. The number of aliphatic hydroxyl groups excluding tert-OH is 5. The molecule has 10 amide bonds. The highest BCUT2D eigenvalue weighted by Gasteiger charge is 2.50. The SMILES string of the molecule is COc1cc2c(cc1OCCCCCOc1cc3c(cc1OC)C(=O)N1C=C(C)C[C@H]1[C@H](O)N3C(=O)OCc1ccc(O[C@@H]3O[C@H](C(=O)O)[C@@H](O)[C@H](O)[C@H]3O)c([N+](=O)[O-])c1)N(C(=O)OCc1ccc(NC(=O)[C@H](C)NC(=O)[C@@H](NC(=O)CCOCCOCCOCCOCCOCCOCCOCCOCCNC(=O)CCN3C(=O)C=CC3=O)C(C)C)cc1)[C@@H](O)[C@@H]1CC(C)=CN1C2=O. The van der Waals surface area contributed by atoms with E-state index in [1.54, 1.807) is 64.4 Å². The average molecular weight is 1890 g/mol. The van der Waals surface area contributed by atoms with Gasteiger partial charge in [0.1, 0.15) is 43.6 Å². The van der Waals surface area contributed by atoms with Crippen LogP contribution in [0.4, 0.5) is 32.3 Å². The Morgan fingerprint density at radius 3 is 1.45 bits per heavy atom. The largest absolute Gasteiger partial charge is 0.493 e. The summed E-state index contributed by atoms with van der Waals surface area (Å²) in [5, 5.41) is 87.6. The third-order valence-corrected chi connectivity index (χ3v) is 21.8. The number of nitro benzene ring substituents is 1. The van der Waals surface area contributed by atoms with Gasteiger partial charge in [-0.2, -0.15) is 0 Å². The van der Waals surface area contributed by atoms with E-state index in [-0.39, 0.29) is 148 Å². The second-order valence-corrected chi connectivity index (χ2v) is 31.9. The number of rotatable bonds is 54. The number of hydrogen-bond acceptors (Lipinski definition) is 34. The Balaban J connectivity index is 0.610. The molecule has 10 N–H and O–H groups in total. The molecular weight excluding hydrogens is 1770 g/mol. The lowest BCUT2D eigenvalue weighted by atomic mass is 9.99. The number of benzene rings is 4. The van der Waals surface area contributed by atoms with E-state index in [1.165, 1.54) is 73.4 Å². The van der Waals surface area contributed by atoms with Crippen LogP contribution in [0.2, 0.25) is 0 Å². The number of aliphatic hydroxyl groups is 5. The summed E-state index contributed by atoms with van der Waals surface area (Å²) >= 11 is 0. The molecule has 10 rings (SSSR count). The first kappa shape index (κ1) is 104. The lowest BCUT2D eigenvalue weighted by Gasteiger charge is -2.38. The molecule has 0 saturated carbocycles. The number of methoxy groups -OCH3 is 2. The number of nitro groups is 1. The first-order valence-electron chi connectivity index (χ1n) is 43.6. The molecule has 6 aliphatic rings. The first-order chi connectivity index (χ1) is 64.4. The molecule has 4 aromatic rings. The molecule has 1 saturated heterocycles. The van der Waals surface area contributed by atoms with Gasteiger partial charge in [0.2, 0.25) is 29.9 Å². The van der Waals surface area contributed by atoms with Crippen molar-refractivity contribution in [3.8, 4) is 28.7 Å². The number of carbonyl (C=O) groups excluding carboxylic acids is 10. The first-order valence-corrected chi connectivity index (χ1v) is 43.6. The van der Waals surface area contributed by atoms with Crippen LogP contribution in [0.3, 0.4) is 0 Å². The predicted molar refractivity (Wildman–Crippen MR) is 467 cm³/mol. The summed E-state index contributed by atoms with van der Waals surface area (Å²) in [5.74, 6) is -6.15. The van der Waals surface area contributed by atoms with Crippen LogP contribution in [0.25, 0.3) is 0 Å². The average Bonchev–Trinajstić information content (AvgIpc) is 1.61. The molecule has 4 aromatic carbocycles. The van der Waals surface area contributed by atoms with Gasteiger partial charge in [-0.3, -0.25) is 53.4 Å². The summed E-state index contributed by atoms with van der Waals surface area (Å²) in [5.41, 5.74) is 1.21. The van der Waals surface area contributed by atoms with E-state index in [9.17, 15) is 93.5 Å². The van der Waals surface area contributed by atoms with E-state index in [0.717, 1.165) is 32.4 Å². The monoisotopic (exact) mass is 1880 g/mol. The van der Waals surface area contributed by atoms with Crippen molar-refractivity contribution in [3.05, 3.63) is 135 Å². The fourth-order valence-electron chi connectivity index (χ4n) is 14.7. The van der Waals surface area contributed by atoms with Gasteiger partial charge in [0.25, 0.3) is 23.6 Å². The number of carboxylic acids is 1. The van der Waals surface area contributed by atoms with Crippen LogP contribution in [0, 0.1) is 16.0 Å². The van der Waals surface area contributed by atoms with Crippen LogP contribution in [-0.2, 0) is 98.9 Å². The number of nitrogens with zero attached hydrogens (tertiary/aromatic N) is 6. The van der Waals surface area contributed by atoms with E-state index in [0.29, 0.717) is 115 Å². The zero-order valence-electron chi connectivity index (χ0n) is 75.3. The van der Waals surface area contributed by atoms with Crippen molar-refractivity contribution in [1.29, 1.82) is 0 Å². The van der Waals surface area contributed by atoms with Crippen LogP contribution in [0.1, 0.15) is 111 Å². The number of carboxylic acid groups (broad SMARTS) is 1. The lowest BCUT2D eigenvalue weighted by Crippen LogP contribution is -2.61. The lowest BCUT2D eigenvalue weighted by molar-refractivity contribution is -0.387. The third kappa shape index (κ3) is 28.7. The Kier molecular flexibility index (Phi) is 39.9. The number of imide groups is 1. The zero-order valence-corrected chi connectivity index (χ0v) is 75.3. The number of carbonyl (C=O) groups is 11. The van der Waals surface area contributed by atoms with Gasteiger partial charge in [0.05, 0.1) is 173 Å². The van der Waals surface area contributed by atoms with Gasteiger partial charge >= 0.3 is 23.8 Å². The van der Waals surface area contributed by atoms with Crippen LogP contribution in [0.5, 0.6) is 28.7 Å². The van der Waals surface area contributed by atoms with Crippen LogP contribution >= 0.6 is 0 Å². The summed E-state index contributed by atoms with van der Waals surface area (Å²) < 4.78 is 90.0. The molecule has 45 nitrogen and oxygen atoms in total. The summed E-state index contributed by atoms with van der Waals surface area (Å²) in [4.78, 5) is 161. The van der Waals surface area contributed by atoms with Crippen LogP contribution in [0.15, 0.2) is 102 Å². The Hall–Kier alpha value is -12.1. The van der Waals surface area contributed by atoms with Crippen molar-refractivity contribution >= 4 is 88.2 Å². The number of hydrogen-bond donors (Lipinski definition) is 10. The topological polar surface area (TPSA) is 564 Å². The minimum absolute atomic E-state index is 0.00122. The predicted octanol–water partition coefficient (Wildman–Crippen LogP) is 3.24. The van der Waals surface area contributed by atoms with Gasteiger partial charge in [-0.05, 0) is 100 Å². The Morgan fingerprint density at radius 1 is 0.522 bits per heavy atom. The fourth-order valence-corrected chi connectivity index (χ4v) is 14.7. The number of amides is 10. The van der Waals surface area contributed by atoms with Crippen molar-refractivity contribution < 1.29 is 164 Å². The number of anilines is 3. The molecule has 0 aromatic heterocycles. The quantitative estimate of drug-likeness (QED) is 0.0131. The molecule has 0 unspecified atom stereocenters. The standard InChI is InChI=1S/C89H116N10O35/c1-52(2)75(93-72(101)20-25-121-27-29-123-31-33-125-35-37-127-39-40-128-38-36-126-34-32-124-30-28-122-26-21-90-71(100)19-22-94-73(102)17-18-74(94)103)81(108)91-55(5)80(107)92-58-14-11-56(12-15-58)50-131-88(115)97-61-46-69(67(119-6)44-59(61)82(109)95-48-53(3)41-64(95)84(97)111)129-23-9-8-10-24-130-70-47-62-60(45-68(70)120-7)83(110)96-49-54(4)42-65(96)85(112)98(62)89(116)132-51-57-13-16-66(63(43-57)99(117)118)133-87-78(106)76(104)77(105)79(134-87)86(113)114/h11-18,43-49,52,55,64-65,75-79,84-85,87,104-106,111-112H,8-10,19-42,50-51H2,1-7H3,(H,90,100)(H,91,108)(H,92,107)(H,93,101)(H,113,114)/t55-,64-,65-,75-,76-,77-,78+,79-,84-,85-,87+/m0/s1. The summed E-state index contributed by atoms with van der Waals surface area (Å²) in [6, 6.07) is 11.1. The van der Waals surface area contributed by atoms with Crippen molar-refractivity contribution in [2.24, 2.45) is 5.92 Å². The minimum atomic E-state index is -2.07. The van der Waals surface area contributed by atoms with Gasteiger partial charge < -0.3 is 137 Å². The molecule has 45 heteroatoms. The van der Waals surface area contributed by atoms with Crippen LogP contribution < -0.4 is 54.8 Å². The van der Waals surface area contributed by atoms with E-state index in [1.807, 2.05) is 0 Å². The number of unbranched alkanes of at least 4 members (excludes halogenated alkanes) is 2. The number of nitrogens with one attached hydrogen (secondary N) is 4. The summed E-state index contributed by atoms with van der Waals surface area (Å²) in [6.07, 6.45) is -8.74. The van der Waals surface area contributed by atoms with Crippen molar-refractivity contribution in [2.45, 2.75) is 160 Å². The summed E-state index contributed by atoms with van der Waals surface area (Å²) in [7, 11) is 2.71. The second kappa shape index (κ2) is 51.4. The summed E-state index contributed by atoms with van der Waals surface area (Å²) in [6.45, 7) is 13.0. The van der Waals surface area contributed by atoms with E-state index in [2.05, 4.69) is 21.3 Å². The van der Waals surface area contributed by atoms with Gasteiger partial charge in [0, 0.05) is 74.4 Å². The van der Waals surface area contributed by atoms with Crippen LogP contribution in [-0.4, -0.2) is 329 Å². The van der Waals surface area contributed by atoms with Gasteiger partial charge in [0.15, 0.2) is 47.3 Å². The van der Waals surface area contributed by atoms with Crippen molar-refractivity contribution in [1.82, 2.24) is 30.7 Å². The normalized spacial score (nSPS) is 20.0. The van der Waals surface area contributed by atoms with E-state index < -0.39 is 150 Å². The maximum absolute atomic E-state index is 14.4. The Morgan fingerprint density at radius 2 is 0.985 bits per heavy atom. The van der Waals surface area contributed by atoms with Crippen molar-refractivity contribution in [3.63, 3.8) is 0 Å². The number of fused-ring (bicyclic) bond motifs is 4. The van der Waals surface area contributed by atoms with Crippen molar-refractivity contribution in [2.75, 3.05) is 161 Å². The second-order valence-electron chi connectivity index (χ2n) is 31.9. The zero-order chi connectivity index (χ0) is 96.7.